The van der Waals surface area contributed by atoms with Crippen LogP contribution in [0.4, 0.5) is 0 Å². The van der Waals surface area contributed by atoms with Crippen molar-refractivity contribution >= 4 is 87.3 Å². The number of unbranched alkanes of at least 4 members (excludes halogenated alkanes) is 16. The van der Waals surface area contributed by atoms with E-state index in [0.717, 1.165) is 242 Å². The number of hydrogen-bond donors (Lipinski definition) is 4. The topological polar surface area (TPSA) is 190 Å². The molecule has 100 heavy (non-hydrogen) atoms. The Kier molecular flexibility index (Phi) is 33.4. The van der Waals surface area contributed by atoms with E-state index in [1.807, 2.05) is 0 Å². The molecule has 4 aromatic rings. The molecule has 0 aromatic heterocycles. The van der Waals surface area contributed by atoms with Crippen LogP contribution in [-0.2, 0) is 45.4 Å². The number of carbonyl (C=O) groups is 4. The van der Waals surface area contributed by atoms with Crippen molar-refractivity contribution in [1.82, 2.24) is 21.3 Å². The summed E-state index contributed by atoms with van der Waals surface area (Å²) < 4.78 is 57.6. The van der Waals surface area contributed by atoms with Gasteiger partial charge in [0.05, 0.1) is 48.4 Å². The van der Waals surface area contributed by atoms with Gasteiger partial charge in [-0.2, -0.15) is 0 Å². The first kappa shape index (κ1) is 79.2. The van der Waals surface area contributed by atoms with E-state index in [1.54, 1.807) is 0 Å². The molecule has 8 bridgehead atoms. The van der Waals surface area contributed by atoms with Crippen LogP contribution in [0.2, 0.25) is 0 Å². The molecule has 1 aliphatic carbocycles. The zero-order valence-electron chi connectivity index (χ0n) is 60.1. The lowest BCUT2D eigenvalue weighted by molar-refractivity contribution is -0.122. The van der Waals surface area contributed by atoms with Crippen LogP contribution in [0.5, 0.6) is 46.0 Å². The molecule has 0 unspecified atom stereocenters. The highest BCUT2D eigenvalue weighted by Crippen LogP contribution is 2.59. The van der Waals surface area contributed by atoms with Gasteiger partial charge in [0.15, 0.2) is 0 Å². The van der Waals surface area contributed by atoms with Gasteiger partial charge in [-0.05, 0) is 101 Å². The molecule has 9 rings (SSSR count). The minimum atomic E-state index is -0.348. The fourth-order valence-corrected chi connectivity index (χ4v) is 16.9. The van der Waals surface area contributed by atoms with Crippen molar-refractivity contribution in [3.05, 3.63) is 91.0 Å². The number of amides is 4. The summed E-state index contributed by atoms with van der Waals surface area (Å²) in [5.41, 5.74) is 10.6. The Balaban J connectivity index is 1.44. The monoisotopic (exact) mass is 1640 g/mol. The van der Waals surface area contributed by atoms with Crippen LogP contribution < -0.4 is 59.2 Å². The van der Waals surface area contributed by atoms with Gasteiger partial charge in [-0.3, -0.25) is 19.2 Å². The second kappa shape index (κ2) is 42.1. The van der Waals surface area contributed by atoms with E-state index in [0.29, 0.717) is 97.4 Å². The summed E-state index contributed by atoms with van der Waals surface area (Å²) in [5, 5.41) is 17.0. The van der Waals surface area contributed by atoms with Gasteiger partial charge in [0.1, 0.15) is 46.0 Å². The third-order valence-corrected chi connectivity index (χ3v) is 22.8. The van der Waals surface area contributed by atoms with Crippen molar-refractivity contribution in [3.8, 4) is 46.0 Å². The third-order valence-electron chi connectivity index (χ3n) is 20.5. The van der Waals surface area contributed by atoms with E-state index in [4.69, 9.17) is 37.9 Å². The zero-order valence-corrected chi connectivity index (χ0v) is 66.5. The van der Waals surface area contributed by atoms with Crippen LogP contribution in [0.3, 0.4) is 0 Å². The van der Waals surface area contributed by atoms with E-state index >= 15 is 0 Å². The SMILES string of the molecule is CCCCCC1c2cc3c4c(CNC(=O)CCCCCBr)c2OCOc2c1cc1c(c2CNC(=O)CCCCCBr)OCOc2c(cc5c(c2CNC(=O)CCCCCBr)OCOc2c(cc(c(c2CNC(=O)CCCCCBr)OCO4)C3CCCCC)C5CCCCC)C1CCCCC. The summed E-state index contributed by atoms with van der Waals surface area (Å²) in [7, 11) is 0. The Morgan fingerprint density at radius 1 is 0.290 bits per heavy atom. The largest absolute Gasteiger partial charge is 0.457 e. The second-order valence-corrected chi connectivity index (χ2v) is 30.9. The van der Waals surface area contributed by atoms with E-state index < -0.39 is 0 Å². The molecule has 4 N–H and O–H groups in total. The molecular weight excluding hydrogens is 1530 g/mol. The molecule has 0 saturated carbocycles. The lowest BCUT2D eigenvalue weighted by Gasteiger charge is -2.38. The number of carbonyl (C=O) groups excluding carboxylic acids is 4. The molecule has 4 aliphatic heterocycles. The summed E-state index contributed by atoms with van der Waals surface area (Å²) in [6, 6.07) is 9.46. The quantitative estimate of drug-likeness (QED) is 0.0243. The Hall–Kier alpha value is -4.92. The molecule has 5 aliphatic rings. The predicted octanol–water partition coefficient (Wildman–Crippen LogP) is 20.0. The fourth-order valence-electron chi connectivity index (χ4n) is 15.3. The molecule has 0 fully saturated rings. The van der Waals surface area contributed by atoms with Crippen molar-refractivity contribution < 1.29 is 57.1 Å². The molecule has 0 atom stereocenters. The number of hydrogen-bond acceptors (Lipinski definition) is 12. The van der Waals surface area contributed by atoms with E-state index in [9.17, 15) is 19.2 Å². The lowest BCUT2D eigenvalue weighted by Crippen LogP contribution is -2.29. The average molecular weight is 1640 g/mol. The van der Waals surface area contributed by atoms with Gasteiger partial charge in [0, 0.05) is 115 Å². The van der Waals surface area contributed by atoms with Crippen LogP contribution in [-0.4, -0.2) is 72.1 Å². The maximum Gasteiger partial charge on any atom is 0.230 e. The first-order chi connectivity index (χ1) is 49.0. The highest BCUT2D eigenvalue weighted by Gasteiger charge is 2.42. The van der Waals surface area contributed by atoms with Gasteiger partial charge in [-0.1, -0.05) is 194 Å². The van der Waals surface area contributed by atoms with Crippen molar-refractivity contribution in [2.24, 2.45) is 0 Å². The second-order valence-electron chi connectivity index (χ2n) is 27.7. The number of nitrogens with one attached hydrogen (secondary N) is 4. The van der Waals surface area contributed by atoms with Crippen LogP contribution in [0.25, 0.3) is 0 Å². The molecule has 0 saturated heterocycles. The normalized spacial score (nSPS) is 16.6. The van der Waals surface area contributed by atoms with Gasteiger partial charge in [0.2, 0.25) is 50.8 Å². The number of rotatable bonds is 44. The van der Waals surface area contributed by atoms with E-state index in [1.165, 1.54) is 0 Å². The molecule has 20 heteroatoms. The zero-order chi connectivity index (χ0) is 70.6. The van der Waals surface area contributed by atoms with Crippen molar-refractivity contribution in [2.45, 2.75) is 283 Å². The van der Waals surface area contributed by atoms with E-state index in [-0.39, 0.29) is 101 Å². The van der Waals surface area contributed by atoms with Crippen molar-refractivity contribution in [3.63, 3.8) is 0 Å². The standard InChI is InChI=1S/C80H112Br4N4O12/c1-5-9-17-29-53-57-41-59-54(30-18-10-6-2)61-43-63-56(32-20-12-8-4)64-44-62-55(31-19-11-7-3)60-42-58(53)74-66(46-86-70(90)34-22-14-26-38-82)76(60)96-51-98-78(62)68(48-88-72(92)36-24-16-28-40-84)80(64)100-52-99-79(63)67(47-87-71(91)35-23-15-27-39-83)77(61)97-50-95-75(59)65(73(57)93-49-94-74)45-85-69(89)33-21-13-25-37-81/h41-44,53-56H,5-40,45-52H2,1-4H3,(H,85,89)(H,86,90)(H,87,91)(H,88,92). The Labute approximate surface area is 629 Å². The van der Waals surface area contributed by atoms with Crippen LogP contribution in [0.15, 0.2) is 24.3 Å². The maximum absolute atomic E-state index is 14.3. The van der Waals surface area contributed by atoms with Gasteiger partial charge < -0.3 is 59.2 Å². The summed E-state index contributed by atoms with van der Waals surface area (Å²) >= 11 is 14.3. The minimum Gasteiger partial charge on any atom is -0.457 e. The fraction of sp³-hybridized carbons (Fsp3) is 0.650. The first-order valence-electron chi connectivity index (χ1n) is 38.2. The van der Waals surface area contributed by atoms with Gasteiger partial charge >= 0.3 is 0 Å². The first-order valence-corrected chi connectivity index (χ1v) is 42.6. The van der Waals surface area contributed by atoms with Gasteiger partial charge in [-0.25, -0.2) is 0 Å². The summed E-state index contributed by atoms with van der Waals surface area (Å²) in [5.74, 6) is 3.23. The maximum atomic E-state index is 14.3. The predicted molar refractivity (Wildman–Crippen MR) is 411 cm³/mol. The molecule has 0 radical (unpaired) electrons. The van der Waals surface area contributed by atoms with Crippen LogP contribution in [0.1, 0.15) is 324 Å². The molecule has 4 aromatic carbocycles. The third kappa shape index (κ3) is 20.7. The summed E-state index contributed by atoms with van der Waals surface area (Å²) in [6.07, 6.45) is 26.4. The Morgan fingerprint density at radius 2 is 0.480 bits per heavy atom. The summed E-state index contributed by atoms with van der Waals surface area (Å²) in [6.45, 7) is 8.64. The highest BCUT2D eigenvalue weighted by molar-refractivity contribution is 9.09. The lowest BCUT2D eigenvalue weighted by atomic mass is 9.74. The molecular formula is C80H112Br4N4O12. The number of alkyl halides is 4. The molecule has 552 valence electrons. The van der Waals surface area contributed by atoms with Crippen molar-refractivity contribution in [1.29, 1.82) is 0 Å². The van der Waals surface area contributed by atoms with Gasteiger partial charge in [0.25, 0.3) is 0 Å². The smallest absolute Gasteiger partial charge is 0.230 e. The van der Waals surface area contributed by atoms with E-state index in [2.05, 4.69) is 137 Å². The number of benzene rings is 4. The van der Waals surface area contributed by atoms with Crippen LogP contribution >= 0.6 is 63.7 Å². The highest BCUT2D eigenvalue weighted by atomic mass is 79.9. The number of halogens is 4. The average Bonchev–Trinajstić information content (AvgIpc) is 0.724. The molecule has 16 nitrogen and oxygen atoms in total. The van der Waals surface area contributed by atoms with Crippen LogP contribution in [0, 0.1) is 0 Å². The molecule has 4 heterocycles. The van der Waals surface area contributed by atoms with Gasteiger partial charge in [-0.15, -0.1) is 0 Å². The van der Waals surface area contributed by atoms with Crippen molar-refractivity contribution in [2.75, 3.05) is 48.5 Å². The Morgan fingerprint density at radius 3 is 0.650 bits per heavy atom. The molecule has 0 spiro atoms. The number of ether oxygens (including phenoxy) is 8. The Bertz CT molecular complexity index is 2780. The molecule has 4 amide bonds. The summed E-state index contributed by atoms with van der Waals surface area (Å²) in [4.78, 5) is 57.1. The minimum absolute atomic E-state index is 0.0550.